The molecule has 2 aliphatic rings. The van der Waals surface area contributed by atoms with E-state index >= 15 is 0 Å². The Hall–Kier alpha value is -1.96. The zero-order chi connectivity index (χ0) is 21.6. The van der Waals surface area contributed by atoms with E-state index in [1.54, 1.807) is 13.0 Å². The first-order chi connectivity index (χ1) is 13.4. The van der Waals surface area contributed by atoms with Gasteiger partial charge in [0.2, 0.25) is 0 Å². The molecule has 8 heteroatoms. The lowest BCUT2D eigenvalue weighted by Crippen LogP contribution is -2.48. The number of alkyl carbamates (subject to hydrolysis) is 1. The third kappa shape index (κ3) is 4.63. The van der Waals surface area contributed by atoms with Gasteiger partial charge in [-0.3, -0.25) is 0 Å². The van der Waals surface area contributed by atoms with Crippen molar-refractivity contribution in [1.82, 2.24) is 5.32 Å². The minimum Gasteiger partial charge on any atom is -0.478 e. The predicted octanol–water partition coefficient (Wildman–Crippen LogP) is 5.03. The lowest BCUT2D eigenvalue weighted by Gasteiger charge is -2.37. The quantitative estimate of drug-likeness (QED) is 0.644. The summed E-state index contributed by atoms with van der Waals surface area (Å²) in [6.07, 6.45) is 2.82. The van der Waals surface area contributed by atoms with E-state index in [0.29, 0.717) is 21.5 Å². The fourth-order valence-corrected chi connectivity index (χ4v) is 4.46. The van der Waals surface area contributed by atoms with E-state index in [2.05, 4.69) is 21.2 Å². The Balaban J connectivity index is 1.66. The Kier molecular flexibility index (Phi) is 5.77. The largest absolute Gasteiger partial charge is 0.478 e. The molecule has 1 atom stereocenters. The monoisotopic (exact) mass is 469 g/mol. The molecule has 7 nitrogen and oxygen atoms in total. The van der Waals surface area contributed by atoms with Crippen molar-refractivity contribution < 1.29 is 28.9 Å². The van der Waals surface area contributed by atoms with Crippen molar-refractivity contribution in [3.63, 3.8) is 0 Å². The number of ether oxygens (including phenoxy) is 3. The molecule has 29 heavy (non-hydrogen) atoms. The second-order valence-electron chi connectivity index (χ2n) is 8.91. The van der Waals surface area contributed by atoms with Gasteiger partial charge in [-0.2, -0.15) is 0 Å². The van der Waals surface area contributed by atoms with Gasteiger partial charge in [-0.1, -0.05) is 0 Å². The molecule has 1 unspecified atom stereocenters. The maximum atomic E-state index is 12.0. The zero-order valence-electron chi connectivity index (χ0n) is 17.4. The standard InChI is InChI=1S/C21H28BrNO6/c1-11-14(18(24)25)10-15(22)17-16(11)27-21(5,28-17)12-6-8-13(9-7-12)23-19(26)29-20(2,3)4/h10,12-13H,6-9H2,1-5H3,(H,23,26)(H,24,25)/t12-,13-,21?. The number of amides is 1. The van der Waals surface area contributed by atoms with Gasteiger partial charge in [-0.25, -0.2) is 9.59 Å². The van der Waals surface area contributed by atoms with Gasteiger partial charge in [-0.05, 0) is 75.4 Å². The smallest absolute Gasteiger partial charge is 0.407 e. The van der Waals surface area contributed by atoms with E-state index < -0.39 is 23.5 Å². The fourth-order valence-electron chi connectivity index (χ4n) is 3.97. The number of halogens is 1. The Morgan fingerprint density at radius 1 is 1.21 bits per heavy atom. The molecule has 2 N–H and O–H groups in total. The molecule has 1 aliphatic carbocycles. The van der Waals surface area contributed by atoms with Crippen LogP contribution < -0.4 is 14.8 Å². The number of hydrogen-bond donors (Lipinski definition) is 2. The average molecular weight is 470 g/mol. The normalized spacial score (nSPS) is 26.1. The number of carboxylic acids is 1. The lowest BCUT2D eigenvalue weighted by atomic mass is 9.81. The molecule has 1 heterocycles. The first-order valence-electron chi connectivity index (χ1n) is 9.83. The van der Waals surface area contributed by atoms with Gasteiger partial charge in [0.1, 0.15) is 5.60 Å². The van der Waals surface area contributed by atoms with Crippen LogP contribution >= 0.6 is 15.9 Å². The Morgan fingerprint density at radius 3 is 2.34 bits per heavy atom. The maximum Gasteiger partial charge on any atom is 0.407 e. The third-order valence-corrected chi connectivity index (χ3v) is 6.06. The second-order valence-corrected chi connectivity index (χ2v) is 9.76. The van der Waals surface area contributed by atoms with E-state index in [1.165, 1.54) is 0 Å². The third-order valence-electron chi connectivity index (χ3n) is 5.47. The Morgan fingerprint density at radius 2 is 1.79 bits per heavy atom. The number of carbonyl (C=O) groups is 2. The number of nitrogens with one attached hydrogen (secondary N) is 1. The molecule has 0 bridgehead atoms. The molecule has 1 aromatic rings. The summed E-state index contributed by atoms with van der Waals surface area (Å²) in [6.45, 7) is 9.14. The highest BCUT2D eigenvalue weighted by Crippen LogP contribution is 2.51. The summed E-state index contributed by atoms with van der Waals surface area (Å²) >= 11 is 3.41. The van der Waals surface area contributed by atoms with Gasteiger partial charge in [0.15, 0.2) is 11.5 Å². The second kappa shape index (κ2) is 7.70. The maximum absolute atomic E-state index is 12.0. The molecule has 1 fully saturated rings. The molecule has 1 aliphatic heterocycles. The van der Waals surface area contributed by atoms with Crippen molar-refractivity contribution >= 4 is 28.0 Å². The van der Waals surface area contributed by atoms with Gasteiger partial charge in [0.05, 0.1) is 10.0 Å². The summed E-state index contributed by atoms with van der Waals surface area (Å²) < 4.78 is 18.3. The van der Waals surface area contributed by atoms with Gasteiger partial charge in [0.25, 0.3) is 5.79 Å². The van der Waals surface area contributed by atoms with Crippen molar-refractivity contribution in [3.05, 3.63) is 21.7 Å². The van der Waals surface area contributed by atoms with Crippen LogP contribution in [0.2, 0.25) is 0 Å². The SMILES string of the molecule is Cc1c(C(=O)O)cc(Br)c2c1OC(C)([C@H]1CC[C@H](NC(=O)OC(C)(C)C)CC1)O2. The highest BCUT2D eigenvalue weighted by Gasteiger charge is 2.47. The molecular weight excluding hydrogens is 442 g/mol. The van der Waals surface area contributed by atoms with Crippen molar-refractivity contribution in [2.24, 2.45) is 5.92 Å². The first-order valence-corrected chi connectivity index (χ1v) is 10.6. The predicted molar refractivity (Wildman–Crippen MR) is 111 cm³/mol. The van der Waals surface area contributed by atoms with Gasteiger partial charge in [0, 0.05) is 24.4 Å². The van der Waals surface area contributed by atoms with Crippen molar-refractivity contribution in [2.75, 3.05) is 0 Å². The van der Waals surface area contributed by atoms with Crippen LogP contribution in [0.4, 0.5) is 4.79 Å². The number of carbonyl (C=O) groups excluding carboxylic acids is 1. The van der Waals surface area contributed by atoms with E-state index in [4.69, 9.17) is 14.2 Å². The van der Waals surface area contributed by atoms with E-state index in [9.17, 15) is 14.7 Å². The summed E-state index contributed by atoms with van der Waals surface area (Å²) in [5.41, 5.74) is 0.222. The molecule has 1 amide bonds. The van der Waals surface area contributed by atoms with Gasteiger partial charge in [-0.15, -0.1) is 0 Å². The van der Waals surface area contributed by atoms with Crippen LogP contribution in [0.25, 0.3) is 0 Å². The number of rotatable bonds is 3. The number of benzene rings is 1. The minimum atomic E-state index is -1.00. The fraction of sp³-hybridized carbons (Fsp3) is 0.619. The molecule has 1 saturated carbocycles. The van der Waals surface area contributed by atoms with Crippen LogP contribution in [-0.4, -0.2) is 34.6 Å². The molecular formula is C21H28BrNO6. The highest BCUT2D eigenvalue weighted by atomic mass is 79.9. The molecule has 0 radical (unpaired) electrons. The molecule has 1 aromatic carbocycles. The number of carboxylic acid groups (broad SMARTS) is 1. The van der Waals surface area contributed by atoms with Crippen LogP contribution in [0.15, 0.2) is 10.5 Å². The summed E-state index contributed by atoms with van der Waals surface area (Å²) in [4.78, 5) is 23.5. The summed E-state index contributed by atoms with van der Waals surface area (Å²) in [7, 11) is 0. The summed E-state index contributed by atoms with van der Waals surface area (Å²) in [6, 6.07) is 1.60. The Labute approximate surface area is 179 Å². The molecule has 3 rings (SSSR count). The first kappa shape index (κ1) is 21.7. The van der Waals surface area contributed by atoms with Crippen LogP contribution in [0.1, 0.15) is 69.3 Å². The molecule has 0 saturated heterocycles. The van der Waals surface area contributed by atoms with Gasteiger partial charge >= 0.3 is 12.1 Å². The number of aromatic carboxylic acids is 1. The molecule has 0 aromatic heterocycles. The minimum absolute atomic E-state index is 0.0561. The van der Waals surface area contributed by atoms with Crippen LogP contribution in [-0.2, 0) is 4.74 Å². The summed E-state index contributed by atoms with van der Waals surface area (Å²) in [5, 5.41) is 12.3. The van der Waals surface area contributed by atoms with Gasteiger partial charge < -0.3 is 24.6 Å². The average Bonchev–Trinajstić information content (AvgIpc) is 2.96. The Bertz CT molecular complexity index is 825. The van der Waals surface area contributed by atoms with E-state index in [1.807, 2.05) is 27.7 Å². The topological polar surface area (TPSA) is 94.1 Å². The van der Waals surface area contributed by atoms with Crippen LogP contribution in [0.5, 0.6) is 11.5 Å². The lowest BCUT2D eigenvalue weighted by molar-refractivity contribution is -0.121. The molecule has 0 spiro atoms. The number of hydrogen-bond acceptors (Lipinski definition) is 5. The number of fused-ring (bicyclic) bond motifs is 1. The zero-order valence-corrected chi connectivity index (χ0v) is 19.0. The summed E-state index contributed by atoms with van der Waals surface area (Å²) in [5.74, 6) is -0.732. The van der Waals surface area contributed by atoms with Crippen LogP contribution in [0, 0.1) is 12.8 Å². The van der Waals surface area contributed by atoms with E-state index in [0.717, 1.165) is 25.7 Å². The van der Waals surface area contributed by atoms with Crippen molar-refractivity contribution in [1.29, 1.82) is 0 Å². The van der Waals surface area contributed by atoms with E-state index in [-0.39, 0.29) is 17.5 Å². The highest BCUT2D eigenvalue weighted by molar-refractivity contribution is 9.10. The van der Waals surface area contributed by atoms with Crippen molar-refractivity contribution in [3.8, 4) is 11.5 Å². The molecule has 160 valence electrons. The van der Waals surface area contributed by atoms with Crippen molar-refractivity contribution in [2.45, 2.75) is 77.7 Å². The van der Waals surface area contributed by atoms with Crippen LogP contribution in [0.3, 0.4) is 0 Å².